The number of rotatable bonds is 0. The van der Waals surface area contributed by atoms with E-state index in [1.807, 2.05) is 0 Å². The van der Waals surface area contributed by atoms with Crippen molar-refractivity contribution in [3.05, 3.63) is 0 Å². The summed E-state index contributed by atoms with van der Waals surface area (Å²) in [6.45, 7) is 0. The summed E-state index contributed by atoms with van der Waals surface area (Å²) in [6, 6.07) is 0. The molecule has 4 heteroatoms. The zero-order valence-corrected chi connectivity index (χ0v) is 3.71. The molecule has 18 valence electrons. The molecule has 0 spiro atoms. The van der Waals surface area contributed by atoms with Gasteiger partial charge >= 0.3 is 19.3 Å². The summed E-state index contributed by atoms with van der Waals surface area (Å²) in [6.07, 6.45) is 0. The SMILES string of the molecule is [Li].[Li].[O]=[Ni]. The standard InChI is InChI=1S/2Li.Ni.O. The van der Waals surface area contributed by atoms with Crippen LogP contribution in [-0.4, -0.2) is 37.7 Å². The van der Waals surface area contributed by atoms with Crippen molar-refractivity contribution >= 4 is 37.7 Å². The monoisotopic (exact) mass is 88.0 g/mol. The minimum atomic E-state index is 0. The van der Waals surface area contributed by atoms with Crippen LogP contribution in [0.1, 0.15) is 0 Å². The molecule has 4 heavy (non-hydrogen) atoms. The van der Waals surface area contributed by atoms with Gasteiger partial charge in [-0.3, -0.25) is 0 Å². The maximum absolute atomic E-state index is 7.88. The number of hydrogen-bond acceptors (Lipinski definition) is 1. The van der Waals surface area contributed by atoms with Crippen LogP contribution in [-0.2, 0) is 19.3 Å². The fourth-order valence-electron chi connectivity index (χ4n) is 0. The molecule has 0 N–H and O–H groups in total. The van der Waals surface area contributed by atoms with Gasteiger partial charge in [0.15, 0.2) is 0 Å². The average Bonchev–Trinajstić information content (AvgIpc) is 1.00. The summed E-state index contributed by atoms with van der Waals surface area (Å²) in [5.74, 6) is 0. The van der Waals surface area contributed by atoms with Crippen LogP contribution < -0.4 is 0 Å². The predicted octanol–water partition coefficient (Wildman–Crippen LogP) is -0.883. The van der Waals surface area contributed by atoms with Crippen LogP contribution in [0.2, 0.25) is 0 Å². The van der Waals surface area contributed by atoms with Crippen molar-refractivity contribution in [3.63, 3.8) is 0 Å². The first-order chi connectivity index (χ1) is 1.00. The first kappa shape index (κ1) is 17.9. The second-order valence-electron chi connectivity index (χ2n) is 0. The predicted molar refractivity (Wildman–Crippen MR) is 12.2 cm³/mol. The van der Waals surface area contributed by atoms with Gasteiger partial charge in [-0.25, -0.2) is 0 Å². The summed E-state index contributed by atoms with van der Waals surface area (Å²) in [5.41, 5.74) is 0. The fraction of sp³-hybridized carbons (Fsp3) is 0. The van der Waals surface area contributed by atoms with Crippen molar-refractivity contribution in [2.75, 3.05) is 0 Å². The average molecular weight is 88.6 g/mol. The minimum absolute atomic E-state index is 0. The van der Waals surface area contributed by atoms with Crippen molar-refractivity contribution in [3.8, 4) is 0 Å². The van der Waals surface area contributed by atoms with Crippen LogP contribution in [0.25, 0.3) is 0 Å². The van der Waals surface area contributed by atoms with Gasteiger partial charge in [-0.2, -0.15) is 0 Å². The summed E-state index contributed by atoms with van der Waals surface area (Å²) in [5, 5.41) is 0. The molecule has 0 atom stereocenters. The molecule has 0 saturated heterocycles. The molecule has 0 aliphatic rings. The molecule has 0 unspecified atom stereocenters. The molecule has 0 aliphatic heterocycles. The van der Waals surface area contributed by atoms with Crippen LogP contribution in [0.5, 0.6) is 0 Å². The van der Waals surface area contributed by atoms with Crippen molar-refractivity contribution in [2.45, 2.75) is 0 Å². The Labute approximate surface area is 56.8 Å². The van der Waals surface area contributed by atoms with E-state index in [0.717, 1.165) is 0 Å². The molecule has 0 heterocycles. The first-order valence-electron chi connectivity index (χ1n) is 0.129. The fourth-order valence-corrected chi connectivity index (χ4v) is 0. The van der Waals surface area contributed by atoms with Crippen molar-refractivity contribution in [1.29, 1.82) is 0 Å². The Balaban J connectivity index is -0.00000000500. The Kier molecular flexibility index (Phi) is 110. The van der Waals surface area contributed by atoms with Gasteiger partial charge in [0, 0.05) is 37.7 Å². The zero-order chi connectivity index (χ0) is 2.00. The van der Waals surface area contributed by atoms with E-state index in [4.69, 9.17) is 3.90 Å². The molecule has 0 aliphatic carbocycles. The van der Waals surface area contributed by atoms with Crippen molar-refractivity contribution < 1.29 is 19.3 Å². The van der Waals surface area contributed by atoms with E-state index in [1.165, 1.54) is 0 Å². The first-order valence-corrected chi connectivity index (χ1v) is 0.532. The van der Waals surface area contributed by atoms with Gasteiger partial charge in [-0.05, 0) is 0 Å². The Bertz CT molecular complexity index is 6.00. The van der Waals surface area contributed by atoms with Crippen LogP contribution in [0, 0.1) is 0 Å². The molecule has 2 radical (unpaired) electrons. The van der Waals surface area contributed by atoms with Gasteiger partial charge in [0.1, 0.15) is 0 Å². The van der Waals surface area contributed by atoms with Crippen LogP contribution in [0.4, 0.5) is 0 Å². The third kappa shape index (κ3) is 9.75. The topological polar surface area (TPSA) is 17.1 Å². The summed E-state index contributed by atoms with van der Waals surface area (Å²) < 4.78 is 7.88. The molecular formula is Li2NiO. The summed E-state index contributed by atoms with van der Waals surface area (Å²) in [4.78, 5) is 0. The second-order valence-corrected chi connectivity index (χ2v) is 0. The van der Waals surface area contributed by atoms with E-state index < -0.39 is 0 Å². The van der Waals surface area contributed by atoms with Gasteiger partial charge in [-0.1, -0.05) is 0 Å². The zero-order valence-electron chi connectivity index (χ0n) is 2.72. The van der Waals surface area contributed by atoms with E-state index in [2.05, 4.69) is 15.4 Å². The quantitative estimate of drug-likeness (QED) is 0.352. The van der Waals surface area contributed by atoms with E-state index in [0.29, 0.717) is 0 Å². The van der Waals surface area contributed by atoms with E-state index >= 15 is 0 Å². The third-order valence-electron chi connectivity index (χ3n) is 0. The van der Waals surface area contributed by atoms with Crippen LogP contribution in [0.15, 0.2) is 0 Å². The van der Waals surface area contributed by atoms with E-state index in [-0.39, 0.29) is 37.7 Å². The summed E-state index contributed by atoms with van der Waals surface area (Å²) >= 11 is 2.62. The molecule has 0 rings (SSSR count). The van der Waals surface area contributed by atoms with Crippen LogP contribution in [0.3, 0.4) is 0 Å². The molecule has 0 saturated carbocycles. The molecule has 0 aromatic carbocycles. The molecule has 0 aromatic rings. The van der Waals surface area contributed by atoms with E-state index in [9.17, 15) is 0 Å². The molecule has 0 bridgehead atoms. The Hall–Kier alpha value is 1.49. The van der Waals surface area contributed by atoms with Gasteiger partial charge in [0.25, 0.3) is 0 Å². The van der Waals surface area contributed by atoms with E-state index in [1.54, 1.807) is 0 Å². The number of hydrogen-bond donors (Lipinski definition) is 0. The van der Waals surface area contributed by atoms with Gasteiger partial charge in [0.2, 0.25) is 0 Å². The Morgan fingerprint density at radius 1 is 1.00 bits per heavy atom. The van der Waals surface area contributed by atoms with Gasteiger partial charge in [-0.15, -0.1) is 0 Å². The Morgan fingerprint density at radius 3 is 1.00 bits per heavy atom. The molecule has 0 fully saturated rings. The third-order valence-corrected chi connectivity index (χ3v) is 0. The van der Waals surface area contributed by atoms with Gasteiger partial charge in [0.05, 0.1) is 0 Å². The summed E-state index contributed by atoms with van der Waals surface area (Å²) in [7, 11) is 0. The normalized spacial score (nSPS) is 1.50. The van der Waals surface area contributed by atoms with Crippen LogP contribution >= 0.6 is 0 Å². The second kappa shape index (κ2) is 24.7. The molecule has 0 amide bonds. The van der Waals surface area contributed by atoms with Gasteiger partial charge < -0.3 is 0 Å². The molecular weight excluding hydrogens is 88.6 g/mol. The van der Waals surface area contributed by atoms with Crippen molar-refractivity contribution in [2.24, 2.45) is 0 Å². The molecule has 1 nitrogen and oxygen atoms in total. The maximum atomic E-state index is 7.88. The molecule has 0 aromatic heterocycles. The Morgan fingerprint density at radius 2 is 1.00 bits per heavy atom. The van der Waals surface area contributed by atoms with Crippen molar-refractivity contribution in [1.82, 2.24) is 0 Å².